The minimum absolute atomic E-state index is 0.114. The average Bonchev–Trinajstić information content (AvgIpc) is 2.79. The van der Waals surface area contributed by atoms with Crippen molar-refractivity contribution in [2.75, 3.05) is 6.54 Å². The minimum atomic E-state index is 0.114. The van der Waals surface area contributed by atoms with Crippen LogP contribution in [0.5, 0.6) is 0 Å². The van der Waals surface area contributed by atoms with Crippen LogP contribution >= 0.6 is 23.2 Å². The molecular formula is C14H17Cl2N3. The summed E-state index contributed by atoms with van der Waals surface area (Å²) in [6.07, 6.45) is 2.66. The van der Waals surface area contributed by atoms with Gasteiger partial charge in [-0.3, -0.25) is 4.68 Å². The first kappa shape index (κ1) is 14.4. The van der Waals surface area contributed by atoms with Crippen molar-refractivity contribution in [1.29, 1.82) is 0 Å². The van der Waals surface area contributed by atoms with Gasteiger partial charge in [0.2, 0.25) is 0 Å². The van der Waals surface area contributed by atoms with Crippen molar-refractivity contribution in [1.82, 2.24) is 15.1 Å². The highest BCUT2D eigenvalue weighted by atomic mass is 35.5. The van der Waals surface area contributed by atoms with E-state index < -0.39 is 0 Å². The van der Waals surface area contributed by atoms with Crippen LogP contribution in [0.1, 0.15) is 24.2 Å². The number of nitrogens with zero attached hydrogens (tertiary/aromatic N) is 2. The molecule has 0 fully saturated rings. The summed E-state index contributed by atoms with van der Waals surface area (Å²) >= 11 is 12.5. The largest absolute Gasteiger partial charge is 0.309 e. The lowest BCUT2D eigenvalue weighted by molar-refractivity contribution is 0.528. The smallest absolute Gasteiger partial charge is 0.0797 e. The van der Waals surface area contributed by atoms with Crippen LogP contribution in [-0.2, 0) is 13.5 Å². The molecule has 0 aliphatic carbocycles. The van der Waals surface area contributed by atoms with Crippen LogP contribution in [0.3, 0.4) is 0 Å². The Bertz CT molecular complexity index is 531. The maximum absolute atomic E-state index is 6.23. The molecule has 1 aromatic heterocycles. The molecular weight excluding hydrogens is 281 g/mol. The maximum Gasteiger partial charge on any atom is 0.0797 e. The molecule has 0 saturated heterocycles. The summed E-state index contributed by atoms with van der Waals surface area (Å²) in [7, 11) is 1.91. The number of nitrogens with one attached hydrogen (secondary N) is 1. The molecule has 1 N–H and O–H groups in total. The van der Waals surface area contributed by atoms with Gasteiger partial charge in [-0.1, -0.05) is 36.2 Å². The Kier molecular flexibility index (Phi) is 4.86. The van der Waals surface area contributed by atoms with E-state index in [0.29, 0.717) is 10.0 Å². The zero-order valence-electron chi connectivity index (χ0n) is 11.0. The highest BCUT2D eigenvalue weighted by Crippen LogP contribution is 2.28. The van der Waals surface area contributed by atoms with Crippen LogP contribution in [0.15, 0.2) is 30.5 Å². The number of aromatic nitrogens is 2. The van der Waals surface area contributed by atoms with Gasteiger partial charge in [-0.15, -0.1) is 0 Å². The van der Waals surface area contributed by atoms with Crippen LogP contribution in [0, 0.1) is 0 Å². The molecule has 0 spiro atoms. The van der Waals surface area contributed by atoms with E-state index in [-0.39, 0.29) is 6.04 Å². The predicted octanol–water partition coefficient (Wildman–Crippen LogP) is 3.62. The first-order valence-electron chi connectivity index (χ1n) is 6.27. The number of hydrogen-bond donors (Lipinski definition) is 1. The zero-order chi connectivity index (χ0) is 13.8. The van der Waals surface area contributed by atoms with Crippen molar-refractivity contribution in [3.05, 3.63) is 51.8 Å². The molecule has 3 nitrogen and oxygen atoms in total. The number of rotatable bonds is 5. The summed E-state index contributed by atoms with van der Waals surface area (Å²) in [4.78, 5) is 0. The fourth-order valence-electron chi connectivity index (χ4n) is 2.08. The molecule has 5 heteroatoms. The fraction of sp³-hybridized carbons (Fsp3) is 0.357. The van der Waals surface area contributed by atoms with Crippen molar-refractivity contribution in [2.24, 2.45) is 7.05 Å². The maximum atomic E-state index is 6.23. The number of halogens is 2. The highest BCUT2D eigenvalue weighted by molar-refractivity contribution is 6.36. The summed E-state index contributed by atoms with van der Waals surface area (Å²) in [5.41, 5.74) is 1.96. The lowest BCUT2D eigenvalue weighted by Crippen LogP contribution is -2.23. The minimum Gasteiger partial charge on any atom is -0.309 e. The molecule has 0 radical (unpaired) electrons. The van der Waals surface area contributed by atoms with E-state index in [4.69, 9.17) is 23.2 Å². The molecule has 102 valence electrons. The zero-order valence-corrected chi connectivity index (χ0v) is 12.5. The SMILES string of the molecule is CCNC(Cc1c(Cl)cccc1Cl)c1ccn(C)n1. The Hall–Kier alpha value is -1.03. The van der Waals surface area contributed by atoms with E-state index in [2.05, 4.69) is 17.3 Å². The summed E-state index contributed by atoms with van der Waals surface area (Å²) in [5, 5.41) is 9.28. The monoisotopic (exact) mass is 297 g/mol. The molecule has 2 rings (SSSR count). The third-order valence-corrected chi connectivity index (χ3v) is 3.72. The van der Waals surface area contributed by atoms with Crippen LogP contribution < -0.4 is 5.32 Å². The van der Waals surface area contributed by atoms with Crippen molar-refractivity contribution >= 4 is 23.2 Å². The summed E-state index contributed by atoms with van der Waals surface area (Å²) in [5.74, 6) is 0. The molecule has 1 heterocycles. The third kappa shape index (κ3) is 3.50. The number of hydrogen-bond acceptors (Lipinski definition) is 2. The van der Waals surface area contributed by atoms with Crippen LogP contribution in [-0.4, -0.2) is 16.3 Å². The first-order valence-corrected chi connectivity index (χ1v) is 7.03. The first-order chi connectivity index (χ1) is 9.11. The highest BCUT2D eigenvalue weighted by Gasteiger charge is 2.17. The van der Waals surface area contributed by atoms with Gasteiger partial charge in [0.15, 0.2) is 0 Å². The molecule has 0 bridgehead atoms. The van der Waals surface area contributed by atoms with Gasteiger partial charge in [-0.25, -0.2) is 0 Å². The van der Waals surface area contributed by atoms with Gasteiger partial charge in [0.25, 0.3) is 0 Å². The van der Waals surface area contributed by atoms with E-state index >= 15 is 0 Å². The number of benzene rings is 1. The molecule has 19 heavy (non-hydrogen) atoms. The van der Waals surface area contributed by atoms with Crippen molar-refractivity contribution in [2.45, 2.75) is 19.4 Å². The lowest BCUT2D eigenvalue weighted by Gasteiger charge is -2.17. The molecule has 1 atom stereocenters. The normalized spacial score (nSPS) is 12.6. The van der Waals surface area contributed by atoms with Gasteiger partial charge in [-0.2, -0.15) is 5.10 Å². The van der Waals surface area contributed by atoms with Crippen LogP contribution in [0.2, 0.25) is 10.0 Å². The summed E-state index contributed by atoms with van der Waals surface area (Å²) < 4.78 is 1.80. The van der Waals surface area contributed by atoms with Crippen LogP contribution in [0.25, 0.3) is 0 Å². The topological polar surface area (TPSA) is 29.9 Å². The van der Waals surface area contributed by atoms with Gasteiger partial charge >= 0.3 is 0 Å². The lowest BCUT2D eigenvalue weighted by atomic mass is 10.0. The Labute approximate surface area is 123 Å². The predicted molar refractivity (Wildman–Crippen MR) is 79.8 cm³/mol. The van der Waals surface area contributed by atoms with Crippen LogP contribution in [0.4, 0.5) is 0 Å². The standard InChI is InChI=1S/C14H17Cl2N3/c1-3-17-14(13-7-8-19(2)18-13)9-10-11(15)5-4-6-12(10)16/h4-8,14,17H,3,9H2,1-2H3. The van der Waals surface area contributed by atoms with Gasteiger partial charge in [0, 0.05) is 23.3 Å². The molecule has 0 amide bonds. The Morgan fingerprint density at radius 3 is 2.47 bits per heavy atom. The quantitative estimate of drug-likeness (QED) is 0.913. The van der Waals surface area contributed by atoms with Crippen molar-refractivity contribution in [3.8, 4) is 0 Å². The van der Waals surface area contributed by atoms with E-state index in [9.17, 15) is 0 Å². The molecule has 0 aliphatic heterocycles. The third-order valence-electron chi connectivity index (χ3n) is 3.01. The molecule has 2 aromatic rings. The Balaban J connectivity index is 2.26. The molecule has 0 saturated carbocycles. The van der Waals surface area contributed by atoms with Gasteiger partial charge in [-0.05, 0) is 36.7 Å². The number of aryl methyl sites for hydroxylation is 1. The van der Waals surface area contributed by atoms with E-state index in [1.54, 1.807) is 4.68 Å². The second-order valence-electron chi connectivity index (χ2n) is 4.43. The molecule has 1 aromatic carbocycles. The van der Waals surface area contributed by atoms with E-state index in [0.717, 1.165) is 24.2 Å². The summed E-state index contributed by atoms with van der Waals surface area (Å²) in [6, 6.07) is 7.72. The molecule has 1 unspecified atom stereocenters. The molecule has 0 aliphatic rings. The second-order valence-corrected chi connectivity index (χ2v) is 5.24. The Morgan fingerprint density at radius 2 is 1.95 bits per heavy atom. The van der Waals surface area contributed by atoms with E-state index in [1.165, 1.54) is 0 Å². The second kappa shape index (κ2) is 6.42. The van der Waals surface area contributed by atoms with Gasteiger partial charge in [0.1, 0.15) is 0 Å². The fourth-order valence-corrected chi connectivity index (χ4v) is 2.63. The van der Waals surface area contributed by atoms with Gasteiger partial charge in [0.05, 0.1) is 11.7 Å². The van der Waals surface area contributed by atoms with Crippen molar-refractivity contribution in [3.63, 3.8) is 0 Å². The van der Waals surface area contributed by atoms with E-state index in [1.807, 2.05) is 37.5 Å². The summed E-state index contributed by atoms with van der Waals surface area (Å²) in [6.45, 7) is 2.94. The van der Waals surface area contributed by atoms with Gasteiger partial charge < -0.3 is 5.32 Å². The Morgan fingerprint density at radius 1 is 1.26 bits per heavy atom. The number of likely N-dealkylation sites (N-methyl/N-ethyl adjacent to an activating group) is 1. The average molecular weight is 298 g/mol. The van der Waals surface area contributed by atoms with Crippen molar-refractivity contribution < 1.29 is 0 Å².